The van der Waals surface area contributed by atoms with Gasteiger partial charge >= 0.3 is 17.9 Å². The molecular weight excluding hydrogens is 580 g/mol. The summed E-state index contributed by atoms with van der Waals surface area (Å²) < 4.78 is 67.0. The van der Waals surface area contributed by atoms with Gasteiger partial charge in [0.2, 0.25) is 0 Å². The van der Waals surface area contributed by atoms with Crippen LogP contribution in [0, 0.1) is 0 Å². The molecule has 3 N–H and O–H groups in total. The van der Waals surface area contributed by atoms with Crippen LogP contribution in [0.5, 0.6) is 0 Å². The zero-order valence-electron chi connectivity index (χ0n) is 22.1. The van der Waals surface area contributed by atoms with E-state index in [1.807, 2.05) is 6.92 Å². The highest BCUT2D eigenvalue weighted by Crippen LogP contribution is 2.42. The lowest BCUT2D eigenvalue weighted by molar-refractivity contribution is -0.181. The van der Waals surface area contributed by atoms with Crippen molar-refractivity contribution in [2.24, 2.45) is 0 Å². The minimum atomic E-state index is -4.53. The van der Waals surface area contributed by atoms with Crippen LogP contribution in [-0.4, -0.2) is 82.0 Å². The Morgan fingerprint density at radius 2 is 1.54 bits per heavy atom. The van der Waals surface area contributed by atoms with E-state index < -0.39 is 77.6 Å². The summed E-state index contributed by atoms with van der Waals surface area (Å²) in [5.74, 6) is -4.64. The number of sulfonamides is 1. The highest BCUT2D eigenvalue weighted by molar-refractivity contribution is 7.95. The molecule has 220 valence electrons. The van der Waals surface area contributed by atoms with E-state index in [0.29, 0.717) is 23.4 Å². The van der Waals surface area contributed by atoms with Crippen molar-refractivity contribution in [1.29, 1.82) is 0 Å². The van der Waals surface area contributed by atoms with Gasteiger partial charge in [-0.3, -0.25) is 4.79 Å². The van der Waals surface area contributed by atoms with Crippen LogP contribution in [0.4, 0.5) is 0 Å². The van der Waals surface area contributed by atoms with Crippen molar-refractivity contribution in [2.45, 2.75) is 92.1 Å². The van der Waals surface area contributed by atoms with Gasteiger partial charge in [-0.2, -0.15) is 0 Å². The van der Waals surface area contributed by atoms with Gasteiger partial charge in [0.05, 0.1) is 5.25 Å². The summed E-state index contributed by atoms with van der Waals surface area (Å²) in [6.07, 6.45) is -5.89. The molecule has 0 saturated carbocycles. The van der Waals surface area contributed by atoms with E-state index in [0.717, 1.165) is 27.7 Å². The smallest absolute Gasteiger partial charge is 0.347 e. The van der Waals surface area contributed by atoms with E-state index in [1.54, 1.807) is 4.72 Å². The van der Waals surface area contributed by atoms with E-state index in [4.69, 9.17) is 14.6 Å². The van der Waals surface area contributed by atoms with E-state index in [2.05, 4.69) is 10.1 Å². The van der Waals surface area contributed by atoms with Crippen LogP contribution in [0.15, 0.2) is 14.5 Å². The van der Waals surface area contributed by atoms with Gasteiger partial charge in [0.1, 0.15) is 14.5 Å². The summed E-state index contributed by atoms with van der Waals surface area (Å²) >= 11 is 0.523. The molecule has 0 saturated heterocycles. The fourth-order valence-electron chi connectivity index (χ4n) is 3.40. The van der Waals surface area contributed by atoms with Gasteiger partial charge in [-0.1, -0.05) is 6.92 Å². The molecule has 2 heterocycles. The summed E-state index contributed by atoms with van der Waals surface area (Å²) in [4.78, 5) is 48.1. The molecule has 1 aromatic rings. The quantitative estimate of drug-likeness (QED) is 0.221. The van der Waals surface area contributed by atoms with Crippen LogP contribution in [0.3, 0.4) is 0 Å². The number of hydrogen-bond acceptors (Lipinski definition) is 14. The fraction of sp³-hybridized carbons (Fsp3) is 0.636. The first-order chi connectivity index (χ1) is 17.9. The minimum Gasteiger partial charge on any atom is -0.450 e. The number of hydrogen-bond donors (Lipinski definition) is 3. The summed E-state index contributed by atoms with van der Waals surface area (Å²) in [7, 11) is -8.29. The normalized spacial score (nSPS) is 21.4. The third-order valence-corrected chi connectivity index (χ3v) is 11.4. The monoisotopic (exact) mass is 612 g/mol. The molecule has 0 bridgehead atoms. The molecule has 0 aromatic carbocycles. The molecule has 39 heavy (non-hydrogen) atoms. The molecule has 0 spiro atoms. The molecule has 1 aliphatic heterocycles. The lowest BCUT2D eigenvalue weighted by atomic mass is 10.1. The van der Waals surface area contributed by atoms with Crippen molar-refractivity contribution >= 4 is 55.0 Å². The number of thiophene rings is 1. The Labute approximate surface area is 230 Å². The predicted molar refractivity (Wildman–Crippen MR) is 136 cm³/mol. The number of rotatable bonds is 11. The highest BCUT2D eigenvalue weighted by atomic mass is 32.3. The molecule has 2 rings (SSSR count). The summed E-state index contributed by atoms with van der Waals surface area (Å²) in [5, 5.41) is 11.5. The average Bonchev–Trinajstić information content (AvgIpc) is 3.30. The second-order valence-electron chi connectivity index (χ2n) is 8.89. The van der Waals surface area contributed by atoms with Crippen LogP contribution >= 0.6 is 11.3 Å². The summed E-state index contributed by atoms with van der Waals surface area (Å²) in [6, 6.07) is 0.817. The van der Waals surface area contributed by atoms with Gasteiger partial charge in [0.15, 0.2) is 28.1 Å². The molecule has 1 amide bonds. The zero-order valence-corrected chi connectivity index (χ0v) is 24.6. The topological polar surface area (TPSA) is 209 Å². The van der Waals surface area contributed by atoms with Crippen LogP contribution in [0.25, 0.3) is 0 Å². The zero-order chi connectivity index (χ0) is 29.9. The third-order valence-electron chi connectivity index (χ3n) is 5.64. The van der Waals surface area contributed by atoms with Crippen molar-refractivity contribution in [3.63, 3.8) is 0 Å². The van der Waals surface area contributed by atoms with E-state index in [-0.39, 0.29) is 16.7 Å². The summed E-state index contributed by atoms with van der Waals surface area (Å²) in [6.45, 7) is 8.36. The number of aliphatic hydroxyl groups excluding tert-OH is 1. The third kappa shape index (κ3) is 7.75. The lowest BCUT2D eigenvalue weighted by Crippen LogP contribution is -2.41. The van der Waals surface area contributed by atoms with Gasteiger partial charge in [-0.25, -0.2) is 35.9 Å². The number of carbonyl (C=O) groups is 4. The molecule has 17 heteroatoms. The molecule has 6 atom stereocenters. The number of amides is 1. The van der Waals surface area contributed by atoms with Crippen molar-refractivity contribution in [1.82, 2.24) is 10.0 Å². The molecule has 1 aromatic heterocycles. The Bertz CT molecular complexity index is 1320. The second-order valence-corrected chi connectivity index (χ2v) is 14.4. The predicted octanol–water partition coefficient (Wildman–Crippen LogP) is -0.0546. The number of nitrogens with one attached hydrogen (secondary N) is 2. The van der Waals surface area contributed by atoms with Crippen LogP contribution in [0.2, 0.25) is 0 Å². The first kappa shape index (κ1) is 32.6. The van der Waals surface area contributed by atoms with Gasteiger partial charge < -0.3 is 24.6 Å². The number of sulfone groups is 1. The van der Waals surface area contributed by atoms with Crippen molar-refractivity contribution in [3.05, 3.63) is 11.6 Å². The Morgan fingerprint density at radius 3 is 2.05 bits per heavy atom. The van der Waals surface area contributed by atoms with E-state index in [9.17, 15) is 36.0 Å². The van der Waals surface area contributed by atoms with Crippen LogP contribution in [-0.2, 0) is 53.2 Å². The molecule has 0 radical (unpaired) electrons. The van der Waals surface area contributed by atoms with Gasteiger partial charge in [-0.05, 0) is 53.7 Å². The average molecular weight is 613 g/mol. The number of fused-ring (bicyclic) bond motifs is 1. The van der Waals surface area contributed by atoms with Gasteiger partial charge in [0, 0.05) is 11.6 Å². The highest BCUT2D eigenvalue weighted by Gasteiger charge is 2.40. The fourth-order valence-corrected chi connectivity index (χ4v) is 8.44. The van der Waals surface area contributed by atoms with E-state index in [1.165, 1.54) is 13.0 Å². The first-order valence-electron chi connectivity index (χ1n) is 11.9. The Morgan fingerprint density at radius 1 is 1.03 bits per heavy atom. The number of carbonyl (C=O) groups excluding carboxylic acids is 4. The minimum absolute atomic E-state index is 0.0940. The number of ether oxygens (including phenoxy) is 3. The Hall–Kier alpha value is -2.60. The maximum absolute atomic E-state index is 12.9. The number of aliphatic hydroxyl groups is 1. The second kappa shape index (κ2) is 12.7. The molecule has 0 unspecified atom stereocenters. The largest absolute Gasteiger partial charge is 0.450 e. The molecule has 0 fully saturated rings. The van der Waals surface area contributed by atoms with E-state index >= 15 is 0 Å². The van der Waals surface area contributed by atoms with Crippen LogP contribution in [0.1, 0.15) is 59.6 Å². The molecule has 1 aliphatic rings. The first-order valence-corrected chi connectivity index (χ1v) is 15.7. The van der Waals surface area contributed by atoms with Gasteiger partial charge in [-0.15, -0.1) is 11.3 Å². The van der Waals surface area contributed by atoms with Gasteiger partial charge in [0.25, 0.3) is 15.9 Å². The maximum atomic E-state index is 12.9. The molecule has 0 aliphatic carbocycles. The Kier molecular flexibility index (Phi) is 10.6. The number of esters is 3. The summed E-state index contributed by atoms with van der Waals surface area (Å²) in [5.41, 5.74) is 0.302. The molecular formula is C22H32N2O12S3. The van der Waals surface area contributed by atoms with Crippen molar-refractivity contribution in [3.8, 4) is 0 Å². The van der Waals surface area contributed by atoms with Crippen LogP contribution < -0.4 is 10.0 Å². The van der Waals surface area contributed by atoms with Crippen molar-refractivity contribution < 1.29 is 55.3 Å². The SMILES string of the molecule is CCN[C@H]1C[C@H](C)S(=O)(=O)c2sc(S(=O)(=O)NC(=O)[C@H](C)OC(=O)[C@H](C)OC(=O)[C@H](C)OC(=O)[C@H](C)O)cc21. The standard InChI is InChI=1S/C22H32N2O12S3/c1-7-23-16-8-10(2)38(30,31)22-15(16)9-17(37-22)39(32,33)24-18(26)12(4)34-20(28)14(6)36-21(29)13(5)35-19(27)11(3)25/h9-14,16,23,25H,7-8H2,1-6H3,(H,24,26)/t10-,11-,12-,13-,14-,16-/m0/s1. The van der Waals surface area contributed by atoms with Crippen molar-refractivity contribution in [2.75, 3.05) is 6.54 Å². The lowest BCUT2D eigenvalue weighted by Gasteiger charge is -2.27. The molecule has 14 nitrogen and oxygen atoms in total. The maximum Gasteiger partial charge on any atom is 0.347 e. The Balaban J connectivity index is 2.07.